The maximum Gasteiger partial charge on any atom is 0.694 e. The summed E-state index contributed by atoms with van der Waals surface area (Å²) in [7, 11) is -4.05. The number of rotatable bonds is 1. The molecule has 0 aromatic rings. The lowest BCUT2D eigenvalue weighted by molar-refractivity contribution is 0.343. The Hall–Kier alpha value is 0.0400. The molecule has 1 unspecified atom stereocenters. The van der Waals surface area contributed by atoms with Gasteiger partial charge in [-0.15, -0.1) is 19.2 Å². The largest absolute Gasteiger partial charge is 0.694 e. The second-order valence-corrected chi connectivity index (χ2v) is 2.02. The molecule has 0 aliphatic carbocycles. The van der Waals surface area contributed by atoms with E-state index >= 15 is 0 Å². The molecule has 6 nitrogen and oxygen atoms in total. The van der Waals surface area contributed by atoms with Gasteiger partial charge in [0, 0.05) is 9.13 Å². The Balaban J connectivity index is 0. The van der Waals surface area contributed by atoms with E-state index in [0.717, 1.165) is 0 Å². The van der Waals surface area contributed by atoms with E-state index in [4.69, 9.17) is 19.2 Å². The van der Waals surface area contributed by atoms with Crippen molar-refractivity contribution in [2.45, 2.75) is 0 Å². The van der Waals surface area contributed by atoms with Crippen LogP contribution in [-0.2, 0) is 13.7 Å². The fourth-order valence-corrected chi connectivity index (χ4v) is 0. The molecule has 1 atom stereocenters. The van der Waals surface area contributed by atoms with E-state index in [-0.39, 0.29) is 0 Å². The molecule has 0 amide bonds. The molecule has 0 aliphatic rings. The van der Waals surface area contributed by atoms with E-state index in [1.807, 2.05) is 0 Å². The fraction of sp³-hybridized carbons (Fsp3) is 1.00. The molecule has 0 saturated carbocycles. The van der Waals surface area contributed by atoms with E-state index in [2.05, 4.69) is 4.52 Å². The molecule has 3 N–H and O–H groups in total. The Morgan fingerprint density at radius 2 is 1.33 bits per heavy atom. The summed E-state index contributed by atoms with van der Waals surface area (Å²) in [4.78, 5) is 21.9. The van der Waals surface area contributed by atoms with Crippen LogP contribution < -0.4 is 0 Å². The van der Waals surface area contributed by atoms with Crippen molar-refractivity contribution in [2.24, 2.45) is 0 Å². The van der Waals surface area contributed by atoms with Crippen molar-refractivity contribution in [1.82, 2.24) is 0 Å². The summed E-state index contributed by atoms with van der Waals surface area (Å²) in [6, 6.07) is 0. The van der Waals surface area contributed by atoms with Gasteiger partial charge in [0.25, 0.3) is 0 Å². The molecular weight excluding hydrogens is 170 g/mol. The molecular formula is CH6O6P2+2. The molecule has 0 aromatic heterocycles. The third-order valence-electron chi connectivity index (χ3n) is 0.156. The topological polar surface area (TPSA) is 104 Å². The van der Waals surface area contributed by atoms with E-state index in [1.54, 1.807) is 0 Å². The summed E-state index contributed by atoms with van der Waals surface area (Å²) in [5.41, 5.74) is 0. The van der Waals surface area contributed by atoms with Crippen LogP contribution in [0.15, 0.2) is 0 Å². The van der Waals surface area contributed by atoms with Crippen LogP contribution in [0, 0.1) is 0 Å². The van der Waals surface area contributed by atoms with Crippen molar-refractivity contribution in [2.75, 3.05) is 7.11 Å². The van der Waals surface area contributed by atoms with Crippen molar-refractivity contribution >= 4 is 16.5 Å². The normalized spacial score (nSPS) is 9.11. The minimum absolute atomic E-state index is 1.17. The van der Waals surface area contributed by atoms with Crippen molar-refractivity contribution in [1.29, 1.82) is 0 Å². The zero-order valence-electron chi connectivity index (χ0n) is 4.46. The summed E-state index contributed by atoms with van der Waals surface area (Å²) in [5, 5.41) is 0. The summed E-state index contributed by atoms with van der Waals surface area (Å²) >= 11 is 0. The second-order valence-electron chi connectivity index (χ2n) is 0.673. The van der Waals surface area contributed by atoms with Crippen LogP contribution in [0.5, 0.6) is 0 Å². The quantitative estimate of drug-likeness (QED) is 0.482. The van der Waals surface area contributed by atoms with Gasteiger partial charge in [0.2, 0.25) is 0 Å². The Morgan fingerprint density at radius 3 is 1.33 bits per heavy atom. The molecule has 0 heterocycles. The zero-order valence-corrected chi connectivity index (χ0v) is 6.25. The van der Waals surface area contributed by atoms with Crippen LogP contribution in [0.3, 0.4) is 0 Å². The summed E-state index contributed by atoms with van der Waals surface area (Å²) < 4.78 is 21.8. The van der Waals surface area contributed by atoms with Gasteiger partial charge in [-0.2, -0.15) is 0 Å². The maximum atomic E-state index is 9.29. The van der Waals surface area contributed by atoms with Gasteiger partial charge in [-0.05, 0) is 0 Å². The van der Waals surface area contributed by atoms with Crippen LogP contribution in [0.2, 0.25) is 0 Å². The molecule has 0 fully saturated rings. The van der Waals surface area contributed by atoms with E-state index in [9.17, 15) is 4.57 Å². The first-order valence-electron chi connectivity index (χ1n) is 1.56. The highest BCUT2D eigenvalue weighted by atomic mass is 31.1. The van der Waals surface area contributed by atoms with E-state index in [1.165, 1.54) is 7.11 Å². The van der Waals surface area contributed by atoms with Crippen LogP contribution in [0.4, 0.5) is 0 Å². The predicted octanol–water partition coefficient (Wildman–Crippen LogP) is -0.0891. The van der Waals surface area contributed by atoms with Crippen LogP contribution in [-0.4, -0.2) is 21.8 Å². The van der Waals surface area contributed by atoms with Gasteiger partial charge >= 0.3 is 16.5 Å². The summed E-state index contributed by atoms with van der Waals surface area (Å²) in [5.74, 6) is 0. The van der Waals surface area contributed by atoms with Gasteiger partial charge in [0.15, 0.2) is 0 Å². The molecule has 0 saturated heterocycles. The van der Waals surface area contributed by atoms with Crippen molar-refractivity contribution in [3.8, 4) is 0 Å². The molecule has 0 aliphatic heterocycles. The Morgan fingerprint density at radius 1 is 1.22 bits per heavy atom. The minimum Gasteiger partial charge on any atom is -0.134 e. The zero-order chi connectivity index (χ0) is 7.86. The standard InChI is InChI=1S/CH3O3P.HO3P/c1-4-5(2)3;1-4(2)3/h1H3;(H-,1,2,3)/p+2. The highest BCUT2D eigenvalue weighted by Crippen LogP contribution is 2.09. The lowest BCUT2D eigenvalue weighted by atomic mass is 11.8. The molecule has 0 spiro atoms. The first-order valence-corrected chi connectivity index (χ1v) is 3.85. The third-order valence-corrected chi connectivity index (χ3v) is 0.469. The monoisotopic (exact) mass is 176 g/mol. The average molecular weight is 176 g/mol. The first-order chi connectivity index (χ1) is 4.00. The van der Waals surface area contributed by atoms with Crippen LogP contribution in [0.25, 0.3) is 0 Å². The summed E-state index contributed by atoms with van der Waals surface area (Å²) in [6.07, 6.45) is 0. The molecule has 9 heavy (non-hydrogen) atoms. The Labute approximate surface area is 53.0 Å². The minimum atomic E-state index is -2.87. The SMILES string of the molecule is CO[P+](=O)O.O=[P+](O)O. The van der Waals surface area contributed by atoms with Crippen molar-refractivity contribution in [3.63, 3.8) is 0 Å². The van der Waals surface area contributed by atoms with Gasteiger partial charge in [-0.1, -0.05) is 0 Å². The first kappa shape index (κ1) is 11.8. The van der Waals surface area contributed by atoms with Crippen LogP contribution >= 0.6 is 16.5 Å². The van der Waals surface area contributed by atoms with Gasteiger partial charge in [-0.25, -0.2) is 0 Å². The second kappa shape index (κ2) is 8.04. The predicted molar refractivity (Wildman–Crippen MR) is 28.9 cm³/mol. The van der Waals surface area contributed by atoms with E-state index < -0.39 is 16.5 Å². The molecule has 0 rings (SSSR count). The van der Waals surface area contributed by atoms with Gasteiger partial charge in [-0.3, -0.25) is 0 Å². The van der Waals surface area contributed by atoms with Crippen molar-refractivity contribution in [3.05, 3.63) is 0 Å². The van der Waals surface area contributed by atoms with Gasteiger partial charge in [0.1, 0.15) is 0 Å². The fourth-order valence-electron chi connectivity index (χ4n) is 0. The molecule has 8 heteroatoms. The van der Waals surface area contributed by atoms with E-state index in [0.29, 0.717) is 0 Å². The molecule has 0 radical (unpaired) electrons. The Kier molecular flexibility index (Phi) is 10.5. The Bertz CT molecular complexity index is 95.2. The lowest BCUT2D eigenvalue weighted by Gasteiger charge is -1.55. The number of hydrogen-bond acceptors (Lipinski definition) is 3. The van der Waals surface area contributed by atoms with Gasteiger partial charge < -0.3 is 0 Å². The molecule has 0 bridgehead atoms. The van der Waals surface area contributed by atoms with Crippen molar-refractivity contribution < 1.29 is 28.3 Å². The lowest BCUT2D eigenvalue weighted by Crippen LogP contribution is -1.57. The molecule has 0 aromatic carbocycles. The van der Waals surface area contributed by atoms with Crippen LogP contribution in [0.1, 0.15) is 0 Å². The van der Waals surface area contributed by atoms with Gasteiger partial charge in [0.05, 0.1) is 7.11 Å². The smallest absolute Gasteiger partial charge is 0.134 e. The summed E-state index contributed by atoms with van der Waals surface area (Å²) in [6.45, 7) is 0. The highest BCUT2D eigenvalue weighted by Gasteiger charge is 2.02. The number of hydrogen-bond donors (Lipinski definition) is 3. The average Bonchev–Trinajstić information content (AvgIpc) is 1.65. The maximum absolute atomic E-state index is 9.29. The third kappa shape index (κ3) is 70.5. The highest BCUT2D eigenvalue weighted by molar-refractivity contribution is 7.32. The molecule has 54 valence electrons.